The topological polar surface area (TPSA) is 111 Å². The molecule has 0 rings (SSSR count). The lowest BCUT2D eigenvalue weighted by Crippen LogP contribution is -2.37. The van der Waals surface area contributed by atoms with Gasteiger partial charge in [-0.1, -0.05) is 232 Å². The van der Waals surface area contributed by atoms with Crippen LogP contribution in [0.1, 0.15) is 232 Å². The van der Waals surface area contributed by atoms with E-state index in [1.54, 1.807) is 0 Å². The number of carbonyl (C=O) groups excluding carboxylic acids is 2. The van der Waals surface area contributed by atoms with Gasteiger partial charge in [0.15, 0.2) is 6.10 Å². The zero-order chi connectivity index (χ0) is 55.6. The Hall–Kier alpha value is -3.59. The van der Waals surface area contributed by atoms with Crippen LogP contribution in [0.4, 0.5) is 0 Å². The number of ether oxygens (including phenoxy) is 2. The summed E-state index contributed by atoms with van der Waals surface area (Å²) >= 11 is 0. The highest BCUT2D eigenvalue weighted by molar-refractivity contribution is 7.45. The second-order valence-corrected chi connectivity index (χ2v) is 22.4. The maximum absolute atomic E-state index is 12.8. The third-order valence-electron chi connectivity index (χ3n) is 12.5. The largest absolute Gasteiger partial charge is 0.756 e. The third-order valence-corrected chi connectivity index (χ3v) is 13.4. The molecule has 0 radical (unpaired) electrons. The number of phosphoric acid groups is 1. The maximum Gasteiger partial charge on any atom is 0.306 e. The standard InChI is InChI=1S/C66H112NO8P/c1-6-8-10-12-14-16-18-20-22-24-26-28-29-30-31-32-33-34-35-36-37-39-41-43-45-47-49-51-53-55-57-59-66(69)75-64(63-74-76(70,71)73-61-60-67(3,4)5)62-72-65(68)58-56-54-52-50-48-46-44-42-40-38-27-25-23-21-19-17-15-13-11-9-7-2/h8,10,14,16,19-22,25-28,30-31,33-34,36-37,41,43,64H,6-7,9,11-13,15,17-18,23-24,29,32,35,38-40,42,44-63H2,1-5H3/b10-8-,16-14-,21-19-,22-20-,27-25-,28-26-,31-30-,34-33-,37-36-,43-41-. The van der Waals surface area contributed by atoms with Crippen LogP contribution in [0.15, 0.2) is 122 Å². The van der Waals surface area contributed by atoms with Crippen molar-refractivity contribution in [3.8, 4) is 0 Å². The monoisotopic (exact) mass is 1080 g/mol. The van der Waals surface area contributed by atoms with E-state index in [9.17, 15) is 19.0 Å². The first-order valence-electron chi connectivity index (χ1n) is 30.2. The van der Waals surface area contributed by atoms with Crippen molar-refractivity contribution in [2.75, 3.05) is 47.5 Å². The number of allylic oxidation sites excluding steroid dienone is 20. The summed E-state index contributed by atoms with van der Waals surface area (Å²) in [5.74, 6) is -0.861. The Bertz CT molecular complexity index is 1700. The molecule has 0 N–H and O–H groups in total. The average Bonchev–Trinajstić information content (AvgIpc) is 3.38. The first kappa shape index (κ1) is 72.4. The molecule has 0 aliphatic carbocycles. The molecule has 0 aliphatic rings. The van der Waals surface area contributed by atoms with Gasteiger partial charge in [-0.15, -0.1) is 0 Å². The molecule has 0 aromatic heterocycles. The predicted molar refractivity (Wildman–Crippen MR) is 323 cm³/mol. The highest BCUT2D eigenvalue weighted by atomic mass is 31.2. The fraction of sp³-hybridized carbons (Fsp3) is 0.667. The number of phosphoric ester groups is 1. The van der Waals surface area contributed by atoms with E-state index in [1.807, 2.05) is 21.1 Å². The van der Waals surface area contributed by atoms with Crippen LogP contribution in [0.5, 0.6) is 0 Å². The number of rotatable bonds is 54. The van der Waals surface area contributed by atoms with Gasteiger partial charge in [0, 0.05) is 12.8 Å². The smallest absolute Gasteiger partial charge is 0.306 e. The Morgan fingerprint density at radius 3 is 1.12 bits per heavy atom. The van der Waals surface area contributed by atoms with Crippen molar-refractivity contribution >= 4 is 19.8 Å². The summed E-state index contributed by atoms with van der Waals surface area (Å²) in [5, 5.41) is 0. The molecule has 0 aromatic rings. The zero-order valence-electron chi connectivity index (χ0n) is 49.2. The van der Waals surface area contributed by atoms with Crippen molar-refractivity contribution in [3.05, 3.63) is 122 Å². The molecule has 0 aromatic carbocycles. The molecule has 0 aliphatic heterocycles. The molecule has 434 valence electrons. The Labute approximate surface area is 467 Å². The minimum absolute atomic E-state index is 0.0412. The number of hydrogen-bond donors (Lipinski definition) is 0. The Kier molecular flexibility index (Phi) is 53.5. The molecule has 0 fully saturated rings. The lowest BCUT2D eigenvalue weighted by Gasteiger charge is -2.28. The van der Waals surface area contributed by atoms with Crippen LogP contribution in [-0.2, 0) is 32.7 Å². The number of unbranched alkanes of at least 4 members (excludes halogenated alkanes) is 20. The van der Waals surface area contributed by atoms with E-state index in [1.165, 1.54) is 70.6 Å². The first-order chi connectivity index (χ1) is 37.0. The lowest BCUT2D eigenvalue weighted by molar-refractivity contribution is -0.870. The van der Waals surface area contributed by atoms with Crippen molar-refractivity contribution in [2.24, 2.45) is 0 Å². The average molecular weight is 1080 g/mol. The summed E-state index contributed by atoms with van der Waals surface area (Å²) in [5.41, 5.74) is 0. The predicted octanol–water partition coefficient (Wildman–Crippen LogP) is 18.5. The van der Waals surface area contributed by atoms with Gasteiger partial charge in [-0.05, 0) is 109 Å². The SMILES string of the molecule is CC/C=C\C/C=C\C/C=C\C/C=C\C/C=C\C/C=C\C/C=C\C/C=C\CCCCCCCCC(=O)OC(COC(=O)CCCCCCCCCCC/C=C\C/C=C\CCCCCCC)COP(=O)([O-])OCC[N+](C)(C)C. The van der Waals surface area contributed by atoms with Crippen molar-refractivity contribution < 1.29 is 42.1 Å². The summed E-state index contributed by atoms with van der Waals surface area (Å²) in [4.78, 5) is 37.9. The lowest BCUT2D eigenvalue weighted by atomic mass is 10.1. The van der Waals surface area contributed by atoms with E-state index in [4.69, 9.17) is 18.5 Å². The number of quaternary nitrogens is 1. The Balaban J connectivity index is 4.24. The van der Waals surface area contributed by atoms with E-state index < -0.39 is 32.5 Å². The first-order valence-corrected chi connectivity index (χ1v) is 31.7. The number of esters is 2. The van der Waals surface area contributed by atoms with Crippen LogP contribution in [0.25, 0.3) is 0 Å². The number of hydrogen-bond acceptors (Lipinski definition) is 8. The zero-order valence-corrected chi connectivity index (χ0v) is 50.0. The van der Waals surface area contributed by atoms with E-state index in [0.717, 1.165) is 128 Å². The molecule has 0 bridgehead atoms. The fourth-order valence-corrected chi connectivity index (χ4v) is 8.55. The Morgan fingerprint density at radius 2 is 0.750 bits per heavy atom. The van der Waals surface area contributed by atoms with E-state index in [-0.39, 0.29) is 26.1 Å². The van der Waals surface area contributed by atoms with Crippen LogP contribution in [0.2, 0.25) is 0 Å². The van der Waals surface area contributed by atoms with Gasteiger partial charge in [0.2, 0.25) is 0 Å². The van der Waals surface area contributed by atoms with Gasteiger partial charge in [-0.2, -0.15) is 0 Å². The van der Waals surface area contributed by atoms with Gasteiger partial charge in [-0.25, -0.2) is 0 Å². The van der Waals surface area contributed by atoms with Crippen molar-refractivity contribution in [1.82, 2.24) is 0 Å². The summed E-state index contributed by atoms with van der Waals surface area (Å²) < 4.78 is 34.2. The quantitative estimate of drug-likeness (QED) is 0.0195. The van der Waals surface area contributed by atoms with Gasteiger partial charge >= 0.3 is 11.9 Å². The molecule has 2 unspecified atom stereocenters. The van der Waals surface area contributed by atoms with E-state index in [2.05, 4.69) is 135 Å². The van der Waals surface area contributed by atoms with Gasteiger partial charge in [-0.3, -0.25) is 14.2 Å². The van der Waals surface area contributed by atoms with Crippen LogP contribution < -0.4 is 4.89 Å². The van der Waals surface area contributed by atoms with Crippen molar-refractivity contribution in [3.63, 3.8) is 0 Å². The maximum atomic E-state index is 12.8. The van der Waals surface area contributed by atoms with E-state index >= 15 is 0 Å². The molecule has 0 saturated heterocycles. The summed E-state index contributed by atoms with van der Waals surface area (Å²) in [6.45, 7) is 4.09. The number of nitrogens with zero attached hydrogens (tertiary/aromatic N) is 1. The molecule has 2 atom stereocenters. The molecule has 0 saturated carbocycles. The summed E-state index contributed by atoms with van der Waals surface area (Å²) in [6.07, 6.45) is 79.5. The van der Waals surface area contributed by atoms with Crippen LogP contribution in [-0.4, -0.2) is 70.0 Å². The molecular weight excluding hydrogens is 966 g/mol. The minimum atomic E-state index is -4.65. The highest BCUT2D eigenvalue weighted by Gasteiger charge is 2.22. The summed E-state index contributed by atoms with van der Waals surface area (Å²) in [6, 6.07) is 0. The highest BCUT2D eigenvalue weighted by Crippen LogP contribution is 2.38. The number of carbonyl (C=O) groups is 2. The fourth-order valence-electron chi connectivity index (χ4n) is 7.82. The minimum Gasteiger partial charge on any atom is -0.756 e. The molecule has 10 heteroatoms. The summed E-state index contributed by atoms with van der Waals surface area (Å²) in [7, 11) is 1.14. The van der Waals surface area contributed by atoms with E-state index in [0.29, 0.717) is 17.4 Å². The second kappa shape index (κ2) is 56.1. The normalized spacial score (nSPS) is 14.1. The van der Waals surface area contributed by atoms with Crippen molar-refractivity contribution in [2.45, 2.75) is 238 Å². The van der Waals surface area contributed by atoms with Crippen LogP contribution in [0.3, 0.4) is 0 Å². The second-order valence-electron chi connectivity index (χ2n) is 21.0. The molecular formula is C66H112NO8P. The van der Waals surface area contributed by atoms with Crippen LogP contribution in [0, 0.1) is 0 Å². The van der Waals surface area contributed by atoms with Gasteiger partial charge in [0.05, 0.1) is 27.7 Å². The number of likely N-dealkylation sites (N-methyl/N-ethyl adjacent to an activating group) is 1. The van der Waals surface area contributed by atoms with Gasteiger partial charge in [0.1, 0.15) is 19.8 Å². The Morgan fingerprint density at radius 1 is 0.421 bits per heavy atom. The van der Waals surface area contributed by atoms with Crippen molar-refractivity contribution in [1.29, 1.82) is 0 Å². The molecule has 9 nitrogen and oxygen atoms in total. The third kappa shape index (κ3) is 59.7. The van der Waals surface area contributed by atoms with Gasteiger partial charge in [0.25, 0.3) is 7.82 Å². The molecule has 0 amide bonds. The van der Waals surface area contributed by atoms with Crippen LogP contribution >= 0.6 is 7.82 Å². The molecule has 76 heavy (non-hydrogen) atoms. The van der Waals surface area contributed by atoms with Gasteiger partial charge < -0.3 is 27.9 Å². The molecule has 0 heterocycles. The molecule has 0 spiro atoms.